The maximum absolute atomic E-state index is 3.59. The van der Waals surface area contributed by atoms with Crippen LogP contribution in [0.2, 0.25) is 0 Å². The second-order valence-corrected chi connectivity index (χ2v) is 5.97. The summed E-state index contributed by atoms with van der Waals surface area (Å²) in [7, 11) is 2.21. The maximum Gasteiger partial charge on any atom is 0.0320 e. The Labute approximate surface area is 116 Å². The predicted molar refractivity (Wildman–Crippen MR) is 79.2 cm³/mol. The Hall–Kier alpha value is -0.900. The van der Waals surface area contributed by atoms with Crippen molar-refractivity contribution < 1.29 is 0 Å². The molecule has 0 amide bonds. The maximum atomic E-state index is 3.59. The van der Waals surface area contributed by atoms with Crippen molar-refractivity contribution in [3.63, 3.8) is 0 Å². The van der Waals surface area contributed by atoms with Gasteiger partial charge in [0.1, 0.15) is 0 Å². The number of likely N-dealkylation sites (N-methyl/N-ethyl adjacent to an activating group) is 1. The van der Waals surface area contributed by atoms with Crippen molar-refractivity contribution in [3.05, 3.63) is 35.4 Å². The van der Waals surface area contributed by atoms with E-state index in [9.17, 15) is 0 Å². The Bertz CT molecular complexity index is 404. The fourth-order valence-corrected chi connectivity index (χ4v) is 3.14. The molecule has 3 nitrogen and oxygen atoms in total. The molecular weight excluding hydrogens is 234 g/mol. The van der Waals surface area contributed by atoms with E-state index in [4.69, 9.17) is 0 Å². The molecule has 0 saturated carbocycles. The first-order valence-electron chi connectivity index (χ1n) is 7.54. The molecule has 2 fully saturated rings. The summed E-state index contributed by atoms with van der Waals surface area (Å²) in [4.78, 5) is 4.98. The number of piperazine rings is 1. The lowest BCUT2D eigenvalue weighted by Crippen LogP contribution is -2.43. The van der Waals surface area contributed by atoms with Gasteiger partial charge in [-0.2, -0.15) is 0 Å². The minimum absolute atomic E-state index is 0.590. The molecule has 0 aromatic heterocycles. The summed E-state index contributed by atoms with van der Waals surface area (Å²) in [5.41, 5.74) is 2.94. The first-order chi connectivity index (χ1) is 9.31. The van der Waals surface area contributed by atoms with E-state index in [0.29, 0.717) is 6.04 Å². The summed E-state index contributed by atoms with van der Waals surface area (Å²) < 4.78 is 0. The molecule has 1 aromatic rings. The van der Waals surface area contributed by atoms with Gasteiger partial charge >= 0.3 is 0 Å². The molecule has 0 aliphatic carbocycles. The van der Waals surface area contributed by atoms with Crippen molar-refractivity contribution in [1.82, 2.24) is 15.1 Å². The Morgan fingerprint density at radius 1 is 1.21 bits per heavy atom. The third kappa shape index (κ3) is 3.35. The lowest BCUT2D eigenvalue weighted by Gasteiger charge is -2.32. The van der Waals surface area contributed by atoms with Crippen LogP contribution >= 0.6 is 0 Å². The van der Waals surface area contributed by atoms with Crippen LogP contribution in [-0.4, -0.2) is 49.6 Å². The molecule has 19 heavy (non-hydrogen) atoms. The summed E-state index contributed by atoms with van der Waals surface area (Å²) in [6.07, 6.45) is 2.60. The normalized spacial score (nSPS) is 25.8. The van der Waals surface area contributed by atoms with Gasteiger partial charge < -0.3 is 10.2 Å². The topological polar surface area (TPSA) is 18.5 Å². The number of rotatable bonds is 3. The van der Waals surface area contributed by atoms with Crippen molar-refractivity contribution in [2.24, 2.45) is 0 Å². The van der Waals surface area contributed by atoms with Crippen molar-refractivity contribution in [2.45, 2.75) is 25.4 Å². The first-order valence-corrected chi connectivity index (χ1v) is 7.54. The molecule has 2 saturated heterocycles. The molecule has 0 spiro atoms. The monoisotopic (exact) mass is 259 g/mol. The predicted octanol–water partition coefficient (Wildman–Crippen LogP) is 1.86. The number of hydrogen-bond donors (Lipinski definition) is 1. The van der Waals surface area contributed by atoms with Crippen LogP contribution in [0.5, 0.6) is 0 Å². The van der Waals surface area contributed by atoms with Gasteiger partial charge in [-0.15, -0.1) is 0 Å². The van der Waals surface area contributed by atoms with Crippen LogP contribution in [0.4, 0.5) is 0 Å². The fourth-order valence-electron chi connectivity index (χ4n) is 3.14. The van der Waals surface area contributed by atoms with Crippen LogP contribution in [0.15, 0.2) is 24.3 Å². The highest BCUT2D eigenvalue weighted by Crippen LogP contribution is 2.24. The van der Waals surface area contributed by atoms with Gasteiger partial charge in [-0.3, -0.25) is 4.90 Å². The lowest BCUT2D eigenvalue weighted by atomic mass is 10.0. The van der Waals surface area contributed by atoms with Crippen LogP contribution in [-0.2, 0) is 6.54 Å². The van der Waals surface area contributed by atoms with E-state index >= 15 is 0 Å². The molecular formula is C16H25N3. The average Bonchev–Trinajstić information content (AvgIpc) is 2.96. The highest BCUT2D eigenvalue weighted by Gasteiger charge is 2.17. The molecule has 0 radical (unpaired) electrons. The largest absolute Gasteiger partial charge is 0.310 e. The van der Waals surface area contributed by atoms with E-state index in [1.54, 1.807) is 0 Å². The van der Waals surface area contributed by atoms with Crippen molar-refractivity contribution in [3.8, 4) is 0 Å². The second kappa shape index (κ2) is 6.04. The SMILES string of the molecule is CN1CCN(Cc2cccc(C3CCCN3)c2)CC1. The summed E-state index contributed by atoms with van der Waals surface area (Å²) >= 11 is 0. The number of nitrogens with zero attached hydrogens (tertiary/aromatic N) is 2. The summed E-state index contributed by atoms with van der Waals surface area (Å²) in [6.45, 7) is 7.07. The molecule has 2 heterocycles. The zero-order valence-corrected chi connectivity index (χ0v) is 11.9. The number of benzene rings is 1. The zero-order chi connectivity index (χ0) is 13.1. The Kier molecular flexibility index (Phi) is 4.16. The second-order valence-electron chi connectivity index (χ2n) is 5.97. The minimum Gasteiger partial charge on any atom is -0.310 e. The Balaban J connectivity index is 1.62. The first kappa shape index (κ1) is 13.1. The van der Waals surface area contributed by atoms with E-state index in [2.05, 4.69) is 46.4 Å². The molecule has 2 aliphatic rings. The van der Waals surface area contributed by atoms with Crippen molar-refractivity contribution in [2.75, 3.05) is 39.8 Å². The third-order valence-corrected chi connectivity index (χ3v) is 4.42. The molecule has 0 bridgehead atoms. The Morgan fingerprint density at radius 2 is 2.05 bits per heavy atom. The molecule has 1 N–H and O–H groups in total. The van der Waals surface area contributed by atoms with Crippen molar-refractivity contribution in [1.29, 1.82) is 0 Å². The van der Waals surface area contributed by atoms with Gasteiger partial charge in [0.2, 0.25) is 0 Å². The molecule has 3 heteroatoms. The molecule has 3 rings (SSSR count). The van der Waals surface area contributed by atoms with Gasteiger partial charge in [0.15, 0.2) is 0 Å². The van der Waals surface area contributed by atoms with Crippen LogP contribution in [0, 0.1) is 0 Å². The van der Waals surface area contributed by atoms with E-state index in [1.165, 1.54) is 56.7 Å². The van der Waals surface area contributed by atoms with E-state index < -0.39 is 0 Å². The van der Waals surface area contributed by atoms with Gasteiger partial charge in [0.05, 0.1) is 0 Å². The lowest BCUT2D eigenvalue weighted by molar-refractivity contribution is 0.148. The number of nitrogens with one attached hydrogen (secondary N) is 1. The van der Waals surface area contributed by atoms with Crippen LogP contribution < -0.4 is 5.32 Å². The fraction of sp³-hybridized carbons (Fsp3) is 0.625. The molecule has 2 aliphatic heterocycles. The van der Waals surface area contributed by atoms with Crippen molar-refractivity contribution >= 4 is 0 Å². The average molecular weight is 259 g/mol. The quantitative estimate of drug-likeness (QED) is 0.894. The third-order valence-electron chi connectivity index (χ3n) is 4.42. The van der Waals surface area contributed by atoms with E-state index in [1.807, 2.05) is 0 Å². The van der Waals surface area contributed by atoms with Gasteiger partial charge in [-0.25, -0.2) is 0 Å². The smallest absolute Gasteiger partial charge is 0.0320 e. The molecule has 104 valence electrons. The highest BCUT2D eigenvalue weighted by atomic mass is 15.2. The van der Waals surface area contributed by atoms with Crippen LogP contribution in [0.1, 0.15) is 30.0 Å². The summed E-state index contributed by atoms with van der Waals surface area (Å²) in [5.74, 6) is 0. The Morgan fingerprint density at radius 3 is 2.79 bits per heavy atom. The minimum atomic E-state index is 0.590. The molecule has 1 unspecified atom stereocenters. The molecule has 1 aromatic carbocycles. The van der Waals surface area contributed by atoms with Gasteiger partial charge in [0.25, 0.3) is 0 Å². The van der Waals surface area contributed by atoms with E-state index in [0.717, 1.165) is 6.54 Å². The summed E-state index contributed by atoms with van der Waals surface area (Å²) in [5, 5.41) is 3.59. The number of hydrogen-bond acceptors (Lipinski definition) is 3. The van der Waals surface area contributed by atoms with Gasteiger partial charge in [0, 0.05) is 38.8 Å². The van der Waals surface area contributed by atoms with E-state index in [-0.39, 0.29) is 0 Å². The molecule has 1 atom stereocenters. The zero-order valence-electron chi connectivity index (χ0n) is 11.9. The van der Waals surface area contributed by atoms with Gasteiger partial charge in [-0.1, -0.05) is 24.3 Å². The highest BCUT2D eigenvalue weighted by molar-refractivity contribution is 5.26. The van der Waals surface area contributed by atoms with Crippen LogP contribution in [0.25, 0.3) is 0 Å². The van der Waals surface area contributed by atoms with Gasteiger partial charge in [-0.05, 0) is 37.6 Å². The van der Waals surface area contributed by atoms with Crippen LogP contribution in [0.3, 0.4) is 0 Å². The standard InChI is InChI=1S/C16H25N3/c1-18-8-10-19(11-9-18)13-14-4-2-5-15(12-14)16-6-3-7-17-16/h2,4-5,12,16-17H,3,6-11,13H2,1H3. The summed E-state index contributed by atoms with van der Waals surface area (Å²) in [6, 6.07) is 9.77.